The van der Waals surface area contributed by atoms with Crippen molar-refractivity contribution in [2.24, 2.45) is 0 Å². The Morgan fingerprint density at radius 3 is 2.42 bits per heavy atom. The standard InChI is InChI=1S/C18H13F3N4O/c19-13-4-2-1-3-11(13)8-24-18(26)16-9-23-17(10-22-16)25-12-5-6-14(20)15(21)7-12/h1-7,9-10H,8H2,(H,23,25)(H,24,26). The first-order chi connectivity index (χ1) is 12.5. The molecule has 0 bridgehead atoms. The quantitative estimate of drug-likeness (QED) is 0.732. The Hall–Kier alpha value is -3.42. The Morgan fingerprint density at radius 2 is 1.73 bits per heavy atom. The fraction of sp³-hybridized carbons (Fsp3) is 0.0556. The highest BCUT2D eigenvalue weighted by Crippen LogP contribution is 2.17. The van der Waals surface area contributed by atoms with Gasteiger partial charge >= 0.3 is 0 Å². The number of hydrogen-bond acceptors (Lipinski definition) is 4. The smallest absolute Gasteiger partial charge is 0.271 e. The van der Waals surface area contributed by atoms with E-state index in [1.807, 2.05) is 0 Å². The highest BCUT2D eigenvalue weighted by atomic mass is 19.2. The van der Waals surface area contributed by atoms with Crippen molar-refractivity contribution in [3.05, 3.63) is 83.6 Å². The lowest BCUT2D eigenvalue weighted by Gasteiger charge is -2.08. The predicted octanol–water partition coefficient (Wildman–Crippen LogP) is 3.57. The first-order valence-electron chi connectivity index (χ1n) is 7.58. The second-order valence-corrected chi connectivity index (χ2v) is 5.31. The van der Waals surface area contributed by atoms with Crippen molar-refractivity contribution in [2.45, 2.75) is 6.54 Å². The molecule has 5 nitrogen and oxygen atoms in total. The van der Waals surface area contributed by atoms with E-state index in [-0.39, 0.29) is 23.7 Å². The fourth-order valence-electron chi connectivity index (χ4n) is 2.14. The monoisotopic (exact) mass is 358 g/mol. The zero-order valence-corrected chi connectivity index (χ0v) is 13.3. The molecule has 2 aromatic carbocycles. The van der Waals surface area contributed by atoms with E-state index in [0.29, 0.717) is 5.56 Å². The number of hydrogen-bond donors (Lipinski definition) is 2. The highest BCUT2D eigenvalue weighted by molar-refractivity contribution is 5.92. The summed E-state index contributed by atoms with van der Waals surface area (Å²) in [5.41, 5.74) is 0.678. The fourth-order valence-corrected chi connectivity index (χ4v) is 2.14. The molecule has 0 radical (unpaired) electrons. The van der Waals surface area contributed by atoms with E-state index in [4.69, 9.17) is 0 Å². The minimum atomic E-state index is -0.993. The maximum absolute atomic E-state index is 13.5. The van der Waals surface area contributed by atoms with E-state index in [1.54, 1.807) is 18.2 Å². The van der Waals surface area contributed by atoms with Gasteiger partial charge in [-0.05, 0) is 18.2 Å². The van der Waals surface area contributed by atoms with Crippen LogP contribution in [0.2, 0.25) is 0 Å². The Kier molecular flexibility index (Phi) is 5.12. The summed E-state index contributed by atoms with van der Waals surface area (Å²) in [5.74, 6) is -2.62. The van der Waals surface area contributed by atoms with Crippen LogP contribution in [0.25, 0.3) is 0 Å². The van der Waals surface area contributed by atoms with Crippen LogP contribution in [-0.2, 0) is 6.54 Å². The summed E-state index contributed by atoms with van der Waals surface area (Å²) < 4.78 is 39.6. The van der Waals surface area contributed by atoms with E-state index in [9.17, 15) is 18.0 Å². The number of halogens is 3. The summed E-state index contributed by atoms with van der Waals surface area (Å²) in [6.45, 7) is 0.0159. The molecule has 1 aromatic heterocycles. The van der Waals surface area contributed by atoms with Crippen LogP contribution in [0.3, 0.4) is 0 Å². The van der Waals surface area contributed by atoms with Crippen LogP contribution in [0, 0.1) is 17.5 Å². The third kappa shape index (κ3) is 4.15. The van der Waals surface area contributed by atoms with Crippen LogP contribution < -0.4 is 10.6 Å². The molecular weight excluding hydrogens is 345 g/mol. The number of benzene rings is 2. The predicted molar refractivity (Wildman–Crippen MR) is 89.2 cm³/mol. The average molecular weight is 358 g/mol. The van der Waals surface area contributed by atoms with Crippen molar-refractivity contribution in [3.8, 4) is 0 Å². The van der Waals surface area contributed by atoms with Gasteiger partial charge in [0.2, 0.25) is 0 Å². The zero-order valence-electron chi connectivity index (χ0n) is 13.3. The normalized spacial score (nSPS) is 10.4. The van der Waals surface area contributed by atoms with Crippen LogP contribution >= 0.6 is 0 Å². The summed E-state index contributed by atoms with van der Waals surface area (Å²) in [4.78, 5) is 20.0. The second kappa shape index (κ2) is 7.64. The molecule has 3 rings (SSSR count). The van der Waals surface area contributed by atoms with Crippen molar-refractivity contribution >= 4 is 17.4 Å². The molecule has 0 aliphatic carbocycles. The summed E-state index contributed by atoms with van der Waals surface area (Å²) in [6.07, 6.45) is 2.50. The van der Waals surface area contributed by atoms with Gasteiger partial charge in [0.05, 0.1) is 12.4 Å². The Balaban J connectivity index is 1.62. The van der Waals surface area contributed by atoms with Gasteiger partial charge in [0, 0.05) is 23.9 Å². The van der Waals surface area contributed by atoms with Crippen molar-refractivity contribution in [1.82, 2.24) is 15.3 Å². The SMILES string of the molecule is O=C(NCc1ccccc1F)c1cnc(Nc2ccc(F)c(F)c2)cn1. The lowest BCUT2D eigenvalue weighted by atomic mass is 10.2. The first-order valence-corrected chi connectivity index (χ1v) is 7.58. The minimum absolute atomic E-state index is 0.0159. The largest absolute Gasteiger partial charge is 0.346 e. The molecule has 0 aliphatic heterocycles. The zero-order chi connectivity index (χ0) is 18.5. The van der Waals surface area contributed by atoms with E-state index in [2.05, 4.69) is 20.6 Å². The van der Waals surface area contributed by atoms with Crippen molar-refractivity contribution in [3.63, 3.8) is 0 Å². The van der Waals surface area contributed by atoms with Crippen LogP contribution in [0.4, 0.5) is 24.7 Å². The molecule has 0 unspecified atom stereocenters. The molecule has 2 N–H and O–H groups in total. The number of aromatic nitrogens is 2. The summed E-state index contributed by atoms with van der Waals surface area (Å²) in [7, 11) is 0. The molecule has 1 heterocycles. The van der Waals surface area contributed by atoms with Crippen LogP contribution in [0.5, 0.6) is 0 Å². The van der Waals surface area contributed by atoms with Crippen molar-refractivity contribution < 1.29 is 18.0 Å². The maximum Gasteiger partial charge on any atom is 0.271 e. The first kappa shape index (κ1) is 17.4. The Morgan fingerprint density at radius 1 is 0.923 bits per heavy atom. The average Bonchev–Trinajstić information content (AvgIpc) is 2.64. The van der Waals surface area contributed by atoms with Crippen LogP contribution in [0.1, 0.15) is 16.1 Å². The molecule has 132 valence electrons. The van der Waals surface area contributed by atoms with Crippen molar-refractivity contribution in [2.75, 3.05) is 5.32 Å². The molecule has 0 saturated heterocycles. The van der Waals surface area contributed by atoms with Gasteiger partial charge in [-0.15, -0.1) is 0 Å². The molecule has 0 saturated carbocycles. The number of nitrogens with one attached hydrogen (secondary N) is 2. The van der Waals surface area contributed by atoms with Gasteiger partial charge in [-0.1, -0.05) is 18.2 Å². The molecule has 0 fully saturated rings. The number of nitrogens with zero attached hydrogens (tertiary/aromatic N) is 2. The Bertz CT molecular complexity index is 932. The molecule has 0 atom stereocenters. The van der Waals surface area contributed by atoms with Crippen LogP contribution in [0.15, 0.2) is 54.9 Å². The summed E-state index contributed by atoms with van der Waals surface area (Å²) in [5, 5.41) is 5.29. The number of anilines is 2. The van der Waals surface area contributed by atoms with Gasteiger partial charge in [-0.25, -0.2) is 23.1 Å². The summed E-state index contributed by atoms with van der Waals surface area (Å²) >= 11 is 0. The molecule has 3 aromatic rings. The maximum atomic E-state index is 13.5. The van der Waals surface area contributed by atoms with Gasteiger partial charge in [0.1, 0.15) is 17.3 Å². The lowest BCUT2D eigenvalue weighted by molar-refractivity contribution is 0.0945. The van der Waals surface area contributed by atoms with Gasteiger partial charge in [-0.2, -0.15) is 0 Å². The second-order valence-electron chi connectivity index (χ2n) is 5.31. The molecule has 8 heteroatoms. The molecule has 26 heavy (non-hydrogen) atoms. The number of amides is 1. The van der Waals surface area contributed by atoms with Crippen molar-refractivity contribution in [1.29, 1.82) is 0 Å². The minimum Gasteiger partial charge on any atom is -0.346 e. The van der Waals surface area contributed by atoms with E-state index < -0.39 is 23.4 Å². The molecule has 0 spiro atoms. The molecule has 0 aliphatic rings. The summed E-state index contributed by atoms with van der Waals surface area (Å²) in [6, 6.07) is 9.40. The van der Waals surface area contributed by atoms with E-state index in [1.165, 1.54) is 24.5 Å². The van der Waals surface area contributed by atoms with Crippen LogP contribution in [-0.4, -0.2) is 15.9 Å². The van der Waals surface area contributed by atoms with Gasteiger partial charge in [0.15, 0.2) is 11.6 Å². The molecule has 1 amide bonds. The number of carbonyl (C=O) groups excluding carboxylic acids is 1. The number of rotatable bonds is 5. The topological polar surface area (TPSA) is 66.9 Å². The van der Waals surface area contributed by atoms with E-state index in [0.717, 1.165) is 12.1 Å². The lowest BCUT2D eigenvalue weighted by Crippen LogP contribution is -2.24. The third-order valence-electron chi connectivity index (χ3n) is 3.47. The van der Waals surface area contributed by atoms with Gasteiger partial charge in [-0.3, -0.25) is 4.79 Å². The highest BCUT2D eigenvalue weighted by Gasteiger charge is 2.10. The molecular formula is C18H13F3N4O. The van der Waals surface area contributed by atoms with Gasteiger partial charge in [0.25, 0.3) is 5.91 Å². The Labute approximate surface area is 146 Å². The van der Waals surface area contributed by atoms with Gasteiger partial charge < -0.3 is 10.6 Å². The third-order valence-corrected chi connectivity index (χ3v) is 3.47. The number of carbonyl (C=O) groups is 1. The van der Waals surface area contributed by atoms with E-state index >= 15 is 0 Å².